The fourth-order valence-corrected chi connectivity index (χ4v) is 3.56. The average Bonchev–Trinajstić information content (AvgIpc) is 2.96. The lowest BCUT2D eigenvalue weighted by Gasteiger charge is -2.29. The van der Waals surface area contributed by atoms with Crippen LogP contribution >= 0.6 is 0 Å². The number of amides is 1. The van der Waals surface area contributed by atoms with Gasteiger partial charge in [-0.05, 0) is 38.5 Å². The second-order valence-corrected chi connectivity index (χ2v) is 7.42. The third-order valence-corrected chi connectivity index (χ3v) is 5.09. The lowest BCUT2D eigenvalue weighted by Crippen LogP contribution is -2.46. The molecule has 1 aliphatic rings. The van der Waals surface area contributed by atoms with Crippen LogP contribution in [0.25, 0.3) is 0 Å². The van der Waals surface area contributed by atoms with Crippen LogP contribution in [0.1, 0.15) is 34.2 Å². The van der Waals surface area contributed by atoms with Crippen molar-refractivity contribution in [1.29, 1.82) is 0 Å². The van der Waals surface area contributed by atoms with Gasteiger partial charge < -0.3 is 10.1 Å². The molecule has 0 bridgehead atoms. The summed E-state index contributed by atoms with van der Waals surface area (Å²) in [6, 6.07) is 7.28. The SMILES string of the molecule is Cc1nn(Cc2ccc(C(=O)NC(C)CN3CCOCC3)cc2)c(C)c1[N+](=O)[O-]. The van der Waals surface area contributed by atoms with Crippen molar-refractivity contribution in [3.63, 3.8) is 0 Å². The molecule has 2 aromatic rings. The standard InChI is InChI=1S/C20H27N5O4/c1-14(12-23-8-10-29-11-9-23)21-20(26)18-6-4-17(5-7-18)13-24-16(3)19(25(27)28)15(2)22-24/h4-7,14H,8-13H2,1-3H3,(H,21,26). The molecular weight excluding hydrogens is 374 g/mol. The molecule has 156 valence electrons. The van der Waals surface area contributed by atoms with Gasteiger partial charge in [0, 0.05) is 31.2 Å². The van der Waals surface area contributed by atoms with E-state index in [0.29, 0.717) is 23.5 Å². The van der Waals surface area contributed by atoms with Crippen molar-refractivity contribution < 1.29 is 14.5 Å². The number of nitro groups is 1. The predicted octanol–water partition coefficient (Wildman–Crippen LogP) is 1.91. The molecule has 1 atom stereocenters. The fraction of sp³-hybridized carbons (Fsp3) is 0.500. The second kappa shape index (κ2) is 9.15. The Morgan fingerprint density at radius 3 is 2.52 bits per heavy atom. The van der Waals surface area contributed by atoms with Gasteiger partial charge >= 0.3 is 5.69 Å². The summed E-state index contributed by atoms with van der Waals surface area (Å²) >= 11 is 0. The molecule has 1 amide bonds. The highest BCUT2D eigenvalue weighted by molar-refractivity contribution is 5.94. The maximum atomic E-state index is 12.5. The number of carbonyl (C=O) groups excluding carboxylic acids is 1. The molecule has 1 saturated heterocycles. The number of hydrogen-bond donors (Lipinski definition) is 1. The van der Waals surface area contributed by atoms with Crippen molar-refractivity contribution in [2.24, 2.45) is 0 Å². The molecule has 0 saturated carbocycles. The van der Waals surface area contributed by atoms with Gasteiger partial charge in [-0.25, -0.2) is 0 Å². The molecule has 3 rings (SSSR count). The molecule has 1 unspecified atom stereocenters. The van der Waals surface area contributed by atoms with E-state index in [2.05, 4.69) is 15.3 Å². The molecular formula is C20H27N5O4. The highest BCUT2D eigenvalue weighted by Crippen LogP contribution is 2.22. The van der Waals surface area contributed by atoms with Gasteiger partial charge in [0.15, 0.2) is 0 Å². The fourth-order valence-electron chi connectivity index (χ4n) is 3.56. The Morgan fingerprint density at radius 1 is 1.28 bits per heavy atom. The maximum Gasteiger partial charge on any atom is 0.312 e. The van der Waals surface area contributed by atoms with E-state index in [1.165, 1.54) is 0 Å². The third-order valence-electron chi connectivity index (χ3n) is 5.09. The molecule has 29 heavy (non-hydrogen) atoms. The summed E-state index contributed by atoms with van der Waals surface area (Å²) in [5.74, 6) is -0.112. The molecule has 9 nitrogen and oxygen atoms in total. The topological polar surface area (TPSA) is 103 Å². The summed E-state index contributed by atoms with van der Waals surface area (Å²) in [7, 11) is 0. The molecule has 1 N–H and O–H groups in total. The Bertz CT molecular complexity index is 872. The summed E-state index contributed by atoms with van der Waals surface area (Å²) in [5, 5.41) is 18.4. The van der Waals surface area contributed by atoms with Gasteiger partial charge in [-0.3, -0.25) is 24.5 Å². The predicted molar refractivity (Wildman–Crippen MR) is 108 cm³/mol. The number of aryl methyl sites for hydroxylation is 1. The summed E-state index contributed by atoms with van der Waals surface area (Å²) in [4.78, 5) is 25.5. The molecule has 0 aliphatic carbocycles. The zero-order valence-corrected chi connectivity index (χ0v) is 17.1. The molecule has 0 spiro atoms. The van der Waals surface area contributed by atoms with Crippen LogP contribution in [0.3, 0.4) is 0 Å². The number of aromatic nitrogens is 2. The van der Waals surface area contributed by atoms with Crippen molar-refractivity contribution in [2.45, 2.75) is 33.4 Å². The summed E-state index contributed by atoms with van der Waals surface area (Å²) in [6.45, 7) is 9.78. The van der Waals surface area contributed by atoms with Gasteiger partial charge in [-0.1, -0.05) is 12.1 Å². The van der Waals surface area contributed by atoms with Crippen LogP contribution in [0.4, 0.5) is 5.69 Å². The number of ether oxygens (including phenoxy) is 1. The number of carbonyl (C=O) groups is 1. The van der Waals surface area contributed by atoms with Crippen molar-refractivity contribution in [1.82, 2.24) is 20.0 Å². The molecule has 1 aromatic carbocycles. The Morgan fingerprint density at radius 2 is 1.93 bits per heavy atom. The number of nitrogens with zero attached hydrogens (tertiary/aromatic N) is 4. The average molecular weight is 401 g/mol. The molecule has 1 aliphatic heterocycles. The zero-order chi connectivity index (χ0) is 21.0. The van der Waals surface area contributed by atoms with Crippen LogP contribution in [0.5, 0.6) is 0 Å². The van der Waals surface area contributed by atoms with Crippen LogP contribution in [-0.2, 0) is 11.3 Å². The monoisotopic (exact) mass is 401 g/mol. The first kappa shape index (κ1) is 20.9. The molecule has 9 heteroatoms. The van der Waals surface area contributed by atoms with Crippen LogP contribution in [0, 0.1) is 24.0 Å². The van der Waals surface area contributed by atoms with Gasteiger partial charge in [0.25, 0.3) is 5.91 Å². The van der Waals surface area contributed by atoms with Crippen LogP contribution < -0.4 is 5.32 Å². The lowest BCUT2D eigenvalue weighted by atomic mass is 10.1. The van der Waals surface area contributed by atoms with E-state index >= 15 is 0 Å². The van der Waals surface area contributed by atoms with Gasteiger partial charge in [0.05, 0.1) is 24.7 Å². The minimum absolute atomic E-state index is 0.0375. The van der Waals surface area contributed by atoms with Crippen molar-refractivity contribution in [3.05, 3.63) is 56.9 Å². The van der Waals surface area contributed by atoms with Crippen molar-refractivity contribution in [2.75, 3.05) is 32.8 Å². The summed E-state index contributed by atoms with van der Waals surface area (Å²) < 4.78 is 6.96. The number of nitrogens with one attached hydrogen (secondary N) is 1. The van der Waals surface area contributed by atoms with E-state index < -0.39 is 4.92 Å². The third kappa shape index (κ3) is 5.18. The first-order valence-corrected chi connectivity index (χ1v) is 9.73. The smallest absolute Gasteiger partial charge is 0.312 e. The number of hydrogen-bond acceptors (Lipinski definition) is 6. The maximum absolute atomic E-state index is 12.5. The van der Waals surface area contributed by atoms with Crippen LogP contribution in [0.15, 0.2) is 24.3 Å². The molecule has 2 heterocycles. The minimum atomic E-state index is -0.403. The van der Waals surface area contributed by atoms with E-state index in [4.69, 9.17) is 4.74 Å². The van der Waals surface area contributed by atoms with Crippen LogP contribution in [0.2, 0.25) is 0 Å². The molecule has 1 fully saturated rings. The number of benzene rings is 1. The molecule has 0 radical (unpaired) electrons. The Kier molecular flexibility index (Phi) is 6.60. The Labute approximate surface area is 169 Å². The zero-order valence-electron chi connectivity index (χ0n) is 17.1. The van der Waals surface area contributed by atoms with E-state index in [-0.39, 0.29) is 17.6 Å². The van der Waals surface area contributed by atoms with E-state index in [1.54, 1.807) is 30.7 Å². The van der Waals surface area contributed by atoms with Gasteiger partial charge in [0.1, 0.15) is 11.4 Å². The minimum Gasteiger partial charge on any atom is -0.379 e. The quantitative estimate of drug-likeness (QED) is 0.562. The van der Waals surface area contributed by atoms with Crippen LogP contribution in [-0.4, -0.2) is 64.4 Å². The lowest BCUT2D eigenvalue weighted by molar-refractivity contribution is -0.386. The highest BCUT2D eigenvalue weighted by atomic mass is 16.6. The second-order valence-electron chi connectivity index (χ2n) is 7.42. The van der Waals surface area contributed by atoms with Gasteiger partial charge in [-0.15, -0.1) is 0 Å². The summed E-state index contributed by atoms with van der Waals surface area (Å²) in [6.07, 6.45) is 0. The van der Waals surface area contributed by atoms with E-state index in [0.717, 1.165) is 38.4 Å². The first-order valence-electron chi connectivity index (χ1n) is 9.73. The Balaban J connectivity index is 1.59. The normalized spacial score (nSPS) is 15.8. The number of morpholine rings is 1. The van der Waals surface area contributed by atoms with E-state index in [9.17, 15) is 14.9 Å². The summed E-state index contributed by atoms with van der Waals surface area (Å²) in [5.41, 5.74) is 2.48. The van der Waals surface area contributed by atoms with Gasteiger partial charge in [0.2, 0.25) is 0 Å². The first-order chi connectivity index (χ1) is 13.8. The van der Waals surface area contributed by atoms with E-state index in [1.807, 2.05) is 19.1 Å². The van der Waals surface area contributed by atoms with Gasteiger partial charge in [-0.2, -0.15) is 5.10 Å². The highest BCUT2D eigenvalue weighted by Gasteiger charge is 2.22. The molecule has 1 aromatic heterocycles. The Hall–Kier alpha value is -2.78. The number of rotatable bonds is 7. The largest absolute Gasteiger partial charge is 0.379 e. The van der Waals surface area contributed by atoms with Crippen molar-refractivity contribution in [3.8, 4) is 0 Å². The van der Waals surface area contributed by atoms with Crippen molar-refractivity contribution >= 4 is 11.6 Å².